The molecule has 7 nitrogen and oxygen atoms in total. The summed E-state index contributed by atoms with van der Waals surface area (Å²) in [5.74, 6) is 2.17. The highest BCUT2D eigenvalue weighted by Crippen LogP contribution is 2.47. The van der Waals surface area contributed by atoms with Gasteiger partial charge in [0.1, 0.15) is 5.60 Å². The van der Waals surface area contributed by atoms with Crippen molar-refractivity contribution in [1.29, 1.82) is 0 Å². The van der Waals surface area contributed by atoms with Crippen LogP contribution in [-0.4, -0.2) is 49.6 Å². The molecule has 30 heavy (non-hydrogen) atoms. The molecule has 0 spiro atoms. The van der Waals surface area contributed by atoms with E-state index in [9.17, 15) is 4.79 Å². The molecule has 0 aliphatic carbocycles. The Morgan fingerprint density at radius 3 is 2.20 bits per heavy atom. The molecule has 0 bridgehead atoms. The summed E-state index contributed by atoms with van der Waals surface area (Å²) >= 11 is 2.34. The number of methoxy groups -OCH3 is 2. The van der Waals surface area contributed by atoms with Gasteiger partial charge in [0.05, 0.1) is 27.4 Å². The molecule has 172 valence electrons. The second-order valence-electron chi connectivity index (χ2n) is 7.67. The van der Waals surface area contributed by atoms with Crippen LogP contribution >= 0.6 is 22.6 Å². The van der Waals surface area contributed by atoms with Crippen LogP contribution in [0.1, 0.15) is 53.0 Å². The van der Waals surface area contributed by atoms with Gasteiger partial charge in [0, 0.05) is 11.6 Å². The van der Waals surface area contributed by atoms with E-state index in [0.717, 1.165) is 22.8 Å². The number of amides is 1. The van der Waals surface area contributed by atoms with Gasteiger partial charge in [-0.2, -0.15) is 0 Å². The fraction of sp³-hybridized carbons (Fsp3) is 0.682. The van der Waals surface area contributed by atoms with Crippen LogP contribution in [0.2, 0.25) is 0 Å². The quantitative estimate of drug-likeness (QED) is 0.294. The monoisotopic (exact) mass is 537 g/mol. The third-order valence-corrected chi connectivity index (χ3v) is 4.87. The van der Waals surface area contributed by atoms with Crippen molar-refractivity contribution in [3.63, 3.8) is 0 Å². The Kier molecular flexibility index (Phi) is 11.4. The second-order valence-corrected chi connectivity index (χ2v) is 8.75. The number of carbonyl (C=O) groups is 1. The van der Waals surface area contributed by atoms with E-state index >= 15 is 0 Å². The Labute approximate surface area is 194 Å². The van der Waals surface area contributed by atoms with Crippen molar-refractivity contribution in [3.8, 4) is 23.0 Å². The van der Waals surface area contributed by atoms with Crippen molar-refractivity contribution in [1.82, 2.24) is 5.32 Å². The molecule has 0 aliphatic rings. The summed E-state index contributed by atoms with van der Waals surface area (Å²) < 4.78 is 29.3. The molecule has 0 saturated carbocycles. The molecule has 0 fully saturated rings. The molecule has 8 heteroatoms. The minimum absolute atomic E-state index is 0.124. The van der Waals surface area contributed by atoms with Gasteiger partial charge in [-0.3, -0.25) is 0 Å². The first-order valence-electron chi connectivity index (χ1n) is 10.3. The van der Waals surface area contributed by atoms with Gasteiger partial charge < -0.3 is 29.0 Å². The highest BCUT2D eigenvalue weighted by molar-refractivity contribution is 14.1. The number of alkyl carbamates (subject to hydrolysis) is 1. The number of nitrogens with one attached hydrogen (secondary N) is 1. The summed E-state index contributed by atoms with van der Waals surface area (Å²) in [5, 5.41) is 3.01. The van der Waals surface area contributed by atoms with Crippen molar-refractivity contribution < 1.29 is 28.5 Å². The first kappa shape index (κ1) is 26.5. The molecule has 0 aromatic heterocycles. The van der Waals surface area contributed by atoms with Crippen molar-refractivity contribution in [2.24, 2.45) is 0 Å². The predicted octanol–water partition coefficient (Wildman–Crippen LogP) is 5.15. The molecule has 1 unspecified atom stereocenters. The maximum atomic E-state index is 12.4. The Balaban J connectivity index is 3.30. The first-order chi connectivity index (χ1) is 14.2. The number of hydrogen-bond donors (Lipinski definition) is 1. The molecule has 1 amide bonds. The Hall–Kier alpha value is -1.58. The zero-order valence-electron chi connectivity index (χ0n) is 19.2. The summed E-state index contributed by atoms with van der Waals surface area (Å²) in [7, 11) is 3.15. The van der Waals surface area contributed by atoms with Crippen molar-refractivity contribution in [3.05, 3.63) is 11.6 Å². The molecule has 1 aromatic carbocycles. The normalized spacial score (nSPS) is 12.1. The summed E-state index contributed by atoms with van der Waals surface area (Å²) in [4.78, 5) is 12.4. The molecule has 0 aliphatic heterocycles. The lowest BCUT2D eigenvalue weighted by atomic mass is 10.00. The zero-order chi connectivity index (χ0) is 22.7. The summed E-state index contributed by atoms with van der Waals surface area (Å²) in [6, 6.07) is 1.78. The van der Waals surface area contributed by atoms with Crippen molar-refractivity contribution >= 4 is 28.7 Å². The van der Waals surface area contributed by atoms with Crippen LogP contribution in [0.25, 0.3) is 0 Å². The van der Waals surface area contributed by atoms with Gasteiger partial charge in [0.25, 0.3) is 0 Å². The molecule has 0 heterocycles. The number of halogens is 1. The van der Waals surface area contributed by atoms with Crippen LogP contribution in [-0.2, 0) is 11.2 Å². The molecule has 1 N–H and O–H groups in total. The topological polar surface area (TPSA) is 75.3 Å². The van der Waals surface area contributed by atoms with Gasteiger partial charge in [-0.15, -0.1) is 0 Å². The Morgan fingerprint density at radius 2 is 1.70 bits per heavy atom. The van der Waals surface area contributed by atoms with E-state index in [4.69, 9.17) is 23.7 Å². The fourth-order valence-electron chi connectivity index (χ4n) is 3.03. The van der Waals surface area contributed by atoms with Crippen LogP contribution in [0.3, 0.4) is 0 Å². The van der Waals surface area contributed by atoms with Crippen LogP contribution in [0.15, 0.2) is 6.07 Å². The molecule has 1 rings (SSSR count). The van der Waals surface area contributed by atoms with Gasteiger partial charge in [-0.1, -0.05) is 22.6 Å². The number of alkyl halides is 1. The minimum Gasteiger partial charge on any atom is -0.490 e. The van der Waals surface area contributed by atoms with Crippen LogP contribution in [0.5, 0.6) is 23.0 Å². The number of rotatable bonds is 12. The Morgan fingerprint density at radius 1 is 1.07 bits per heavy atom. The van der Waals surface area contributed by atoms with E-state index < -0.39 is 11.7 Å². The standard InChI is InChI=1S/C22H36INO6/c1-8-28-17-14-15(18(29-9-2)20(27-7)19(17)26-6)13-16(11-10-12-23)24-21(25)30-22(3,4)5/h14,16H,8-13H2,1-7H3,(H,24,25). The highest BCUT2D eigenvalue weighted by Gasteiger charge is 2.25. The number of ether oxygens (including phenoxy) is 5. The fourth-order valence-corrected chi connectivity index (χ4v) is 3.47. The second kappa shape index (κ2) is 13.0. The maximum absolute atomic E-state index is 12.4. The van der Waals surface area contributed by atoms with Crippen LogP contribution < -0.4 is 24.3 Å². The highest BCUT2D eigenvalue weighted by atomic mass is 127. The molecular formula is C22H36INO6. The van der Waals surface area contributed by atoms with Gasteiger partial charge in [0.15, 0.2) is 11.5 Å². The largest absolute Gasteiger partial charge is 0.490 e. The number of benzene rings is 1. The maximum Gasteiger partial charge on any atom is 0.407 e. The molecule has 1 aromatic rings. The lowest BCUT2D eigenvalue weighted by Crippen LogP contribution is -2.40. The van der Waals surface area contributed by atoms with Crippen LogP contribution in [0, 0.1) is 0 Å². The molecule has 1 atom stereocenters. The van der Waals surface area contributed by atoms with E-state index in [1.165, 1.54) is 0 Å². The lowest BCUT2D eigenvalue weighted by molar-refractivity contribution is 0.0501. The average Bonchev–Trinajstić information content (AvgIpc) is 2.66. The summed E-state index contributed by atoms with van der Waals surface area (Å²) in [6.07, 6.45) is 1.90. The third-order valence-electron chi connectivity index (χ3n) is 4.10. The Bertz CT molecular complexity index is 675. The van der Waals surface area contributed by atoms with Crippen molar-refractivity contribution in [2.45, 2.75) is 65.5 Å². The summed E-state index contributed by atoms with van der Waals surface area (Å²) in [5.41, 5.74) is 0.326. The van der Waals surface area contributed by atoms with Crippen molar-refractivity contribution in [2.75, 3.05) is 31.9 Å². The summed E-state index contributed by atoms with van der Waals surface area (Å²) in [6.45, 7) is 10.3. The molecule has 0 saturated heterocycles. The van der Waals surface area contributed by atoms with Crippen LogP contribution in [0.4, 0.5) is 4.79 Å². The first-order valence-corrected chi connectivity index (χ1v) is 11.8. The third kappa shape index (κ3) is 8.28. The van der Waals surface area contributed by atoms with E-state index in [2.05, 4.69) is 27.9 Å². The van der Waals surface area contributed by atoms with Gasteiger partial charge in [-0.05, 0) is 64.4 Å². The molecular weight excluding hydrogens is 501 g/mol. The lowest BCUT2D eigenvalue weighted by Gasteiger charge is -2.25. The van der Waals surface area contributed by atoms with Gasteiger partial charge in [0.2, 0.25) is 11.5 Å². The van der Waals surface area contributed by atoms with E-state index in [0.29, 0.717) is 42.6 Å². The number of carbonyl (C=O) groups excluding carboxylic acids is 1. The van der Waals surface area contributed by atoms with Gasteiger partial charge >= 0.3 is 6.09 Å². The average molecular weight is 537 g/mol. The van der Waals surface area contributed by atoms with E-state index in [1.807, 2.05) is 40.7 Å². The SMILES string of the molecule is CCOc1cc(CC(CCCI)NC(=O)OC(C)(C)C)c(OCC)c(OC)c1OC. The zero-order valence-corrected chi connectivity index (χ0v) is 21.4. The molecule has 0 radical (unpaired) electrons. The van der Waals surface area contributed by atoms with E-state index in [-0.39, 0.29) is 6.04 Å². The smallest absolute Gasteiger partial charge is 0.407 e. The predicted molar refractivity (Wildman–Crippen MR) is 127 cm³/mol. The van der Waals surface area contributed by atoms with Gasteiger partial charge in [-0.25, -0.2) is 4.79 Å². The number of hydrogen-bond acceptors (Lipinski definition) is 6. The minimum atomic E-state index is -0.556. The van der Waals surface area contributed by atoms with E-state index in [1.54, 1.807) is 14.2 Å².